The maximum absolute atomic E-state index is 12.6. The van der Waals surface area contributed by atoms with Crippen LogP contribution in [-0.4, -0.2) is 42.1 Å². The Kier molecular flexibility index (Phi) is 7.29. The highest BCUT2D eigenvalue weighted by molar-refractivity contribution is 5.84. The average molecular weight is 442 g/mol. The fourth-order valence-corrected chi connectivity index (χ4v) is 3.46. The molecule has 2 aromatic carbocycles. The van der Waals surface area contributed by atoms with E-state index in [1.54, 1.807) is 24.3 Å². The predicted octanol–water partition coefficient (Wildman–Crippen LogP) is 4.04. The smallest absolute Gasteiger partial charge is 0.410 e. The van der Waals surface area contributed by atoms with Crippen molar-refractivity contribution in [3.63, 3.8) is 0 Å². The number of nitrogens with zero attached hydrogens (tertiary/aromatic N) is 2. The van der Waals surface area contributed by atoms with Crippen LogP contribution in [0.1, 0.15) is 36.6 Å². The van der Waals surface area contributed by atoms with E-state index in [-0.39, 0.29) is 24.8 Å². The number of rotatable bonds is 7. The topological polar surface area (TPSA) is 108 Å². The normalized spacial score (nSPS) is 15.1. The van der Waals surface area contributed by atoms with Crippen LogP contribution in [-0.2, 0) is 27.3 Å². The van der Waals surface area contributed by atoms with Gasteiger partial charge in [0, 0.05) is 18.7 Å². The summed E-state index contributed by atoms with van der Waals surface area (Å²) < 4.78 is 16.1. The summed E-state index contributed by atoms with van der Waals surface area (Å²) in [5.74, 6) is 0.247. The van der Waals surface area contributed by atoms with E-state index in [9.17, 15) is 19.7 Å². The molecule has 9 heteroatoms. The third kappa shape index (κ3) is 5.35. The molecule has 2 aromatic rings. The average Bonchev–Trinajstić information content (AvgIpc) is 2.79. The maximum Gasteiger partial charge on any atom is 0.410 e. The Labute approximate surface area is 186 Å². The van der Waals surface area contributed by atoms with Crippen molar-refractivity contribution >= 4 is 17.7 Å². The largest absolute Gasteiger partial charge is 0.489 e. The number of non-ortho nitro benzene ring substituents is 1. The molecule has 0 aliphatic carbocycles. The van der Waals surface area contributed by atoms with E-state index in [0.717, 1.165) is 11.1 Å². The molecule has 0 N–H and O–H groups in total. The summed E-state index contributed by atoms with van der Waals surface area (Å²) in [5, 5.41) is 10.8. The van der Waals surface area contributed by atoms with Crippen LogP contribution in [0, 0.1) is 16.0 Å². The van der Waals surface area contributed by atoms with Crippen molar-refractivity contribution in [1.82, 2.24) is 4.90 Å². The molecule has 0 spiro atoms. The molecule has 0 saturated heterocycles. The van der Waals surface area contributed by atoms with Crippen LogP contribution in [0.15, 0.2) is 42.5 Å². The molecule has 1 heterocycles. The number of ether oxygens (including phenoxy) is 3. The number of esters is 1. The number of benzene rings is 2. The van der Waals surface area contributed by atoms with Gasteiger partial charge in [0.25, 0.3) is 5.69 Å². The molecular formula is C23H26N2O7. The van der Waals surface area contributed by atoms with Crippen molar-refractivity contribution < 1.29 is 28.7 Å². The molecule has 0 fully saturated rings. The first-order chi connectivity index (χ1) is 15.3. The van der Waals surface area contributed by atoms with E-state index in [1.807, 2.05) is 19.9 Å². The van der Waals surface area contributed by atoms with Crippen molar-refractivity contribution in [2.24, 2.45) is 5.92 Å². The van der Waals surface area contributed by atoms with Crippen molar-refractivity contribution in [1.29, 1.82) is 0 Å². The van der Waals surface area contributed by atoms with Crippen LogP contribution in [0.3, 0.4) is 0 Å². The van der Waals surface area contributed by atoms with Gasteiger partial charge in [0.1, 0.15) is 12.4 Å². The Hall–Kier alpha value is -3.62. The second-order valence-electron chi connectivity index (χ2n) is 7.91. The summed E-state index contributed by atoms with van der Waals surface area (Å²) in [6.07, 6.45) is -0.00724. The van der Waals surface area contributed by atoms with E-state index in [4.69, 9.17) is 14.2 Å². The molecule has 0 radical (unpaired) electrons. The summed E-state index contributed by atoms with van der Waals surface area (Å²) in [6.45, 7) is 4.70. The molecule has 1 amide bonds. The molecule has 170 valence electrons. The lowest BCUT2D eigenvalue weighted by Gasteiger charge is -2.35. The molecule has 1 aliphatic heterocycles. The fraction of sp³-hybridized carbons (Fsp3) is 0.391. The third-order valence-electron chi connectivity index (χ3n) is 5.09. The van der Waals surface area contributed by atoms with Crippen LogP contribution in [0.4, 0.5) is 10.5 Å². The summed E-state index contributed by atoms with van der Waals surface area (Å²) in [5.41, 5.74) is 2.37. The van der Waals surface area contributed by atoms with Gasteiger partial charge in [-0.25, -0.2) is 9.59 Å². The summed E-state index contributed by atoms with van der Waals surface area (Å²) in [7, 11) is 1.29. The second kappa shape index (κ2) is 10.1. The van der Waals surface area contributed by atoms with Gasteiger partial charge in [-0.3, -0.25) is 15.0 Å². The van der Waals surface area contributed by atoms with Gasteiger partial charge in [0.05, 0.1) is 18.6 Å². The number of amides is 1. The Balaban J connectivity index is 1.74. The Morgan fingerprint density at radius 2 is 1.91 bits per heavy atom. The lowest BCUT2D eigenvalue weighted by Crippen LogP contribution is -2.44. The van der Waals surface area contributed by atoms with Crippen molar-refractivity contribution in [2.75, 3.05) is 20.3 Å². The fourth-order valence-electron chi connectivity index (χ4n) is 3.46. The van der Waals surface area contributed by atoms with Gasteiger partial charge < -0.3 is 14.2 Å². The van der Waals surface area contributed by atoms with Crippen LogP contribution in [0.2, 0.25) is 0 Å². The summed E-state index contributed by atoms with van der Waals surface area (Å²) in [4.78, 5) is 36.8. The predicted molar refractivity (Wildman–Crippen MR) is 115 cm³/mol. The number of hydrogen-bond acceptors (Lipinski definition) is 7. The van der Waals surface area contributed by atoms with Crippen LogP contribution in [0.5, 0.6) is 5.75 Å². The molecule has 1 unspecified atom stereocenters. The van der Waals surface area contributed by atoms with Gasteiger partial charge in [0.2, 0.25) is 0 Å². The molecule has 0 saturated carbocycles. The molecular weight excluding hydrogens is 416 g/mol. The zero-order valence-electron chi connectivity index (χ0n) is 18.3. The Bertz CT molecular complexity index is 988. The highest BCUT2D eigenvalue weighted by atomic mass is 16.6. The summed E-state index contributed by atoms with van der Waals surface area (Å²) in [6, 6.07) is 10.6. The van der Waals surface area contributed by atoms with Crippen molar-refractivity contribution in [3.8, 4) is 5.75 Å². The minimum absolute atomic E-state index is 0.0212. The van der Waals surface area contributed by atoms with Crippen LogP contribution >= 0.6 is 0 Å². The molecule has 1 atom stereocenters. The number of hydrogen-bond donors (Lipinski definition) is 0. The van der Waals surface area contributed by atoms with E-state index in [0.29, 0.717) is 24.3 Å². The highest BCUT2D eigenvalue weighted by Gasteiger charge is 2.37. The number of nitro benzene ring substituents is 1. The highest BCUT2D eigenvalue weighted by Crippen LogP contribution is 2.34. The van der Waals surface area contributed by atoms with E-state index in [2.05, 4.69) is 0 Å². The van der Waals surface area contributed by atoms with Crippen molar-refractivity contribution in [2.45, 2.75) is 32.9 Å². The Morgan fingerprint density at radius 1 is 1.19 bits per heavy atom. The van der Waals surface area contributed by atoms with E-state index < -0.39 is 23.0 Å². The monoisotopic (exact) mass is 442 g/mol. The third-order valence-corrected chi connectivity index (χ3v) is 5.09. The number of methoxy groups -OCH3 is 1. The van der Waals surface area contributed by atoms with Gasteiger partial charge in [-0.05, 0) is 53.3 Å². The zero-order valence-corrected chi connectivity index (χ0v) is 18.3. The van der Waals surface area contributed by atoms with Gasteiger partial charge in [-0.2, -0.15) is 0 Å². The molecule has 9 nitrogen and oxygen atoms in total. The Morgan fingerprint density at radius 3 is 2.53 bits per heavy atom. The lowest BCUT2D eigenvalue weighted by atomic mass is 9.92. The first-order valence-electron chi connectivity index (χ1n) is 10.3. The SMILES string of the molecule is COC(=O)C1c2ccc(OCc3ccc([N+](=O)[O-])cc3)cc2CCN1C(=O)OCC(C)C. The molecule has 0 aromatic heterocycles. The first kappa shape index (κ1) is 23.1. The van der Waals surface area contributed by atoms with Gasteiger partial charge in [-0.15, -0.1) is 0 Å². The first-order valence-corrected chi connectivity index (χ1v) is 10.3. The standard InChI is InChI=1S/C23H26N2O7/c1-15(2)13-32-23(27)24-11-10-17-12-19(8-9-20(17)21(24)22(26)30-3)31-14-16-4-6-18(7-5-16)25(28)29/h4-9,12,15,21H,10-11,13-14H2,1-3H3. The minimum atomic E-state index is -0.882. The number of nitro groups is 1. The van der Waals surface area contributed by atoms with Gasteiger partial charge in [-0.1, -0.05) is 19.9 Å². The van der Waals surface area contributed by atoms with Gasteiger partial charge >= 0.3 is 12.1 Å². The lowest BCUT2D eigenvalue weighted by molar-refractivity contribution is -0.384. The number of carbonyl (C=O) groups excluding carboxylic acids is 2. The molecule has 1 aliphatic rings. The number of fused-ring (bicyclic) bond motifs is 1. The zero-order chi connectivity index (χ0) is 23.3. The number of carbonyl (C=O) groups is 2. The summed E-state index contributed by atoms with van der Waals surface area (Å²) >= 11 is 0. The van der Waals surface area contributed by atoms with E-state index >= 15 is 0 Å². The quantitative estimate of drug-likeness (QED) is 0.362. The van der Waals surface area contributed by atoms with Gasteiger partial charge in [0.15, 0.2) is 6.04 Å². The van der Waals surface area contributed by atoms with Crippen LogP contribution in [0.25, 0.3) is 0 Å². The molecule has 3 rings (SSSR count). The van der Waals surface area contributed by atoms with E-state index in [1.165, 1.54) is 24.1 Å². The van der Waals surface area contributed by atoms with Crippen LogP contribution < -0.4 is 4.74 Å². The minimum Gasteiger partial charge on any atom is -0.489 e. The maximum atomic E-state index is 12.6. The van der Waals surface area contributed by atoms with Crippen molar-refractivity contribution in [3.05, 3.63) is 69.3 Å². The molecule has 0 bridgehead atoms. The molecule has 32 heavy (non-hydrogen) atoms. The second-order valence-corrected chi connectivity index (χ2v) is 7.91.